The van der Waals surface area contributed by atoms with Crippen LogP contribution in [0.3, 0.4) is 0 Å². The first-order chi connectivity index (χ1) is 31.2. The fourth-order valence-corrected chi connectivity index (χ4v) is 9.43. The molecule has 0 fully saturated rings. The molecule has 3 nitrogen and oxygen atoms in total. The van der Waals surface area contributed by atoms with Crippen molar-refractivity contribution in [1.29, 1.82) is 0 Å². The maximum atomic E-state index is 6.31. The van der Waals surface area contributed by atoms with Crippen LogP contribution < -0.4 is 4.90 Å². The van der Waals surface area contributed by atoms with Crippen molar-refractivity contribution in [3.8, 4) is 50.2 Å². The van der Waals surface area contributed by atoms with E-state index in [4.69, 9.17) is 4.42 Å². The number of aromatic nitrogens is 1. The van der Waals surface area contributed by atoms with Gasteiger partial charge >= 0.3 is 0 Å². The van der Waals surface area contributed by atoms with Crippen molar-refractivity contribution in [3.63, 3.8) is 0 Å². The number of rotatable bonds is 8. The van der Waals surface area contributed by atoms with Gasteiger partial charge in [-0.15, -0.1) is 0 Å². The standard InChI is InChI=1S/C60H40N2O/c1-4-15-41(16-5-1)46-33-37-50(44-17-6-2-7-18-44)57(39-46)61(49-36-38-59-54(40-49)52-21-11-13-26-58(52)63-59)48-34-31-43(32-35-48)42-27-29-45(30-28-42)51-23-14-25-56-60(51)53-22-10-12-24-55(53)62(56)47-19-8-3-9-20-47/h1-40H. The van der Waals surface area contributed by atoms with Crippen LogP contribution in [-0.2, 0) is 0 Å². The van der Waals surface area contributed by atoms with Crippen LogP contribution in [0.15, 0.2) is 247 Å². The molecule has 0 N–H and O–H groups in total. The summed E-state index contributed by atoms with van der Waals surface area (Å²) in [7, 11) is 0. The number of nitrogens with zero attached hydrogens (tertiary/aromatic N) is 2. The van der Waals surface area contributed by atoms with Crippen LogP contribution in [0.2, 0.25) is 0 Å². The third-order valence-electron chi connectivity index (χ3n) is 12.4. The first-order valence-electron chi connectivity index (χ1n) is 21.5. The Bertz CT molecular complexity index is 3590. The van der Waals surface area contributed by atoms with Crippen molar-refractivity contribution in [2.45, 2.75) is 0 Å². The van der Waals surface area contributed by atoms with Gasteiger partial charge in [0.15, 0.2) is 0 Å². The Morgan fingerprint density at radius 3 is 1.62 bits per heavy atom. The van der Waals surface area contributed by atoms with Gasteiger partial charge in [0.25, 0.3) is 0 Å². The highest BCUT2D eigenvalue weighted by atomic mass is 16.3. The predicted octanol–water partition coefficient (Wildman–Crippen LogP) is 16.8. The molecule has 12 rings (SSSR count). The summed E-state index contributed by atoms with van der Waals surface area (Å²) >= 11 is 0. The molecule has 0 saturated carbocycles. The third kappa shape index (κ3) is 6.38. The zero-order valence-corrected chi connectivity index (χ0v) is 34.4. The molecule has 12 aromatic rings. The summed E-state index contributed by atoms with van der Waals surface area (Å²) in [5.74, 6) is 0. The van der Waals surface area contributed by atoms with Crippen LogP contribution in [0.5, 0.6) is 0 Å². The van der Waals surface area contributed by atoms with Crippen LogP contribution >= 0.6 is 0 Å². The number of para-hydroxylation sites is 3. The molecule has 0 radical (unpaired) electrons. The summed E-state index contributed by atoms with van der Waals surface area (Å²) in [4.78, 5) is 2.40. The summed E-state index contributed by atoms with van der Waals surface area (Å²) in [5.41, 5.74) is 17.9. The lowest BCUT2D eigenvalue weighted by Gasteiger charge is -2.29. The number of hydrogen-bond acceptors (Lipinski definition) is 2. The van der Waals surface area contributed by atoms with Crippen molar-refractivity contribution in [1.82, 2.24) is 4.57 Å². The number of fused-ring (bicyclic) bond motifs is 6. The van der Waals surface area contributed by atoms with E-state index in [1.807, 2.05) is 12.1 Å². The van der Waals surface area contributed by atoms with Crippen molar-refractivity contribution in [3.05, 3.63) is 243 Å². The van der Waals surface area contributed by atoms with Gasteiger partial charge in [0, 0.05) is 44.2 Å². The molecule has 0 aliphatic rings. The van der Waals surface area contributed by atoms with E-state index in [1.165, 1.54) is 38.5 Å². The Morgan fingerprint density at radius 1 is 0.317 bits per heavy atom. The van der Waals surface area contributed by atoms with Gasteiger partial charge in [0.1, 0.15) is 11.2 Å². The largest absolute Gasteiger partial charge is 0.456 e. The van der Waals surface area contributed by atoms with Crippen LogP contribution in [0.1, 0.15) is 0 Å². The van der Waals surface area contributed by atoms with Gasteiger partial charge < -0.3 is 13.9 Å². The van der Waals surface area contributed by atoms with E-state index in [2.05, 4.69) is 240 Å². The quantitative estimate of drug-likeness (QED) is 0.153. The van der Waals surface area contributed by atoms with Crippen LogP contribution in [0.4, 0.5) is 17.1 Å². The Hall–Kier alpha value is -8.40. The van der Waals surface area contributed by atoms with Crippen LogP contribution in [0, 0.1) is 0 Å². The van der Waals surface area contributed by atoms with Gasteiger partial charge in [0.2, 0.25) is 0 Å². The van der Waals surface area contributed by atoms with Crippen molar-refractivity contribution < 1.29 is 4.42 Å². The minimum atomic E-state index is 0.873. The molecule has 3 heteroatoms. The fraction of sp³-hybridized carbons (Fsp3) is 0. The Kier molecular flexibility index (Phi) is 8.83. The molecule has 0 spiro atoms. The molecule has 2 aromatic heterocycles. The van der Waals surface area contributed by atoms with Gasteiger partial charge in [0.05, 0.1) is 16.7 Å². The lowest BCUT2D eigenvalue weighted by molar-refractivity contribution is 0.669. The van der Waals surface area contributed by atoms with Gasteiger partial charge in [-0.2, -0.15) is 0 Å². The normalized spacial score (nSPS) is 11.5. The lowest BCUT2D eigenvalue weighted by atomic mass is 9.96. The second-order valence-electron chi connectivity index (χ2n) is 16.1. The van der Waals surface area contributed by atoms with E-state index in [0.29, 0.717) is 0 Å². The molecule has 10 aromatic carbocycles. The van der Waals surface area contributed by atoms with Gasteiger partial charge in [-0.05, 0) is 106 Å². The highest BCUT2D eigenvalue weighted by Gasteiger charge is 2.21. The minimum Gasteiger partial charge on any atom is -0.456 e. The average Bonchev–Trinajstić information content (AvgIpc) is 3.91. The summed E-state index contributed by atoms with van der Waals surface area (Å²) in [6.07, 6.45) is 0. The highest BCUT2D eigenvalue weighted by Crippen LogP contribution is 2.45. The number of hydrogen-bond donors (Lipinski definition) is 0. The number of benzene rings is 10. The molecular formula is C60H40N2O. The maximum Gasteiger partial charge on any atom is 0.135 e. The molecule has 0 saturated heterocycles. The Morgan fingerprint density at radius 2 is 0.857 bits per heavy atom. The fourth-order valence-electron chi connectivity index (χ4n) is 9.43. The van der Waals surface area contributed by atoms with E-state index >= 15 is 0 Å². The van der Waals surface area contributed by atoms with Crippen molar-refractivity contribution in [2.75, 3.05) is 4.90 Å². The average molecular weight is 805 g/mol. The lowest BCUT2D eigenvalue weighted by Crippen LogP contribution is -2.11. The van der Waals surface area contributed by atoms with Crippen LogP contribution in [-0.4, -0.2) is 4.57 Å². The van der Waals surface area contributed by atoms with Gasteiger partial charge in [-0.1, -0.05) is 176 Å². The SMILES string of the molecule is c1ccc(-c2ccc(-c3ccccc3)c(N(c3ccc(-c4ccc(-c5cccc6c5c5ccccc5n6-c5ccccc5)cc4)cc3)c3ccc4oc5ccccc5c4c3)c2)cc1. The first kappa shape index (κ1) is 36.5. The topological polar surface area (TPSA) is 21.3 Å². The zero-order chi connectivity index (χ0) is 41.7. The predicted molar refractivity (Wildman–Crippen MR) is 264 cm³/mol. The van der Waals surface area contributed by atoms with Crippen molar-refractivity contribution in [2.24, 2.45) is 0 Å². The second kappa shape index (κ2) is 15.3. The monoisotopic (exact) mass is 804 g/mol. The van der Waals surface area contributed by atoms with Crippen LogP contribution in [0.25, 0.3) is 93.9 Å². The molecule has 0 aliphatic heterocycles. The Labute approximate surface area is 366 Å². The molecular weight excluding hydrogens is 765 g/mol. The van der Waals surface area contributed by atoms with Gasteiger partial charge in [-0.3, -0.25) is 0 Å². The Balaban J connectivity index is 0.969. The summed E-state index contributed by atoms with van der Waals surface area (Å²) < 4.78 is 8.69. The van der Waals surface area contributed by atoms with E-state index < -0.39 is 0 Å². The summed E-state index contributed by atoms with van der Waals surface area (Å²) in [6.45, 7) is 0. The van der Waals surface area contributed by atoms with Gasteiger partial charge in [-0.25, -0.2) is 0 Å². The summed E-state index contributed by atoms with van der Waals surface area (Å²) in [5, 5.41) is 4.71. The minimum absolute atomic E-state index is 0.873. The molecule has 0 bridgehead atoms. The molecule has 63 heavy (non-hydrogen) atoms. The molecule has 0 aliphatic carbocycles. The molecule has 0 amide bonds. The molecule has 0 atom stereocenters. The van der Waals surface area contributed by atoms with E-state index in [0.717, 1.165) is 72.5 Å². The van der Waals surface area contributed by atoms with E-state index in [1.54, 1.807) is 0 Å². The second-order valence-corrected chi connectivity index (χ2v) is 16.1. The smallest absolute Gasteiger partial charge is 0.135 e. The number of anilines is 3. The highest BCUT2D eigenvalue weighted by molar-refractivity contribution is 6.16. The molecule has 296 valence electrons. The first-order valence-corrected chi connectivity index (χ1v) is 21.5. The molecule has 2 heterocycles. The molecule has 0 unspecified atom stereocenters. The summed E-state index contributed by atoms with van der Waals surface area (Å²) in [6, 6.07) is 87.1. The zero-order valence-electron chi connectivity index (χ0n) is 34.4. The maximum absolute atomic E-state index is 6.31. The van der Waals surface area contributed by atoms with E-state index in [9.17, 15) is 0 Å². The van der Waals surface area contributed by atoms with E-state index in [-0.39, 0.29) is 0 Å². The third-order valence-corrected chi connectivity index (χ3v) is 12.4. The number of furan rings is 1. The van der Waals surface area contributed by atoms with Crippen molar-refractivity contribution >= 4 is 60.8 Å².